The van der Waals surface area contributed by atoms with Gasteiger partial charge in [0.15, 0.2) is 5.82 Å². The molecule has 1 N–H and O–H groups in total. The van der Waals surface area contributed by atoms with E-state index in [9.17, 15) is 0 Å². The van der Waals surface area contributed by atoms with Crippen LogP contribution in [0.5, 0.6) is 0 Å². The van der Waals surface area contributed by atoms with Crippen LogP contribution < -0.4 is 0 Å². The molecule has 124 valence electrons. The molecule has 0 saturated carbocycles. The molecule has 1 aromatic carbocycles. The first-order valence-corrected chi connectivity index (χ1v) is 8.61. The summed E-state index contributed by atoms with van der Waals surface area (Å²) in [5.74, 6) is 2.57. The number of rotatable bonds is 5. The fourth-order valence-corrected chi connectivity index (χ4v) is 2.53. The highest BCUT2D eigenvalue weighted by atomic mass is 32.2. The highest BCUT2D eigenvalue weighted by Gasteiger charge is 2.21. The van der Waals surface area contributed by atoms with E-state index in [-0.39, 0.29) is 5.41 Å². The SMILES string of the molecule is CC(C)(C)c1nc(CSc2n[nH]c(/C=C/c3ccccc3)n2)no1. The average Bonchev–Trinajstić information content (AvgIpc) is 3.21. The van der Waals surface area contributed by atoms with Gasteiger partial charge in [0.1, 0.15) is 5.82 Å². The molecule has 0 spiro atoms. The first-order chi connectivity index (χ1) is 11.5. The second-order valence-electron chi connectivity index (χ2n) is 6.30. The van der Waals surface area contributed by atoms with Crippen molar-refractivity contribution in [2.45, 2.75) is 37.1 Å². The molecule has 6 nitrogen and oxygen atoms in total. The molecule has 3 aromatic rings. The summed E-state index contributed by atoms with van der Waals surface area (Å²) in [5, 5.41) is 11.7. The molecule has 2 heterocycles. The van der Waals surface area contributed by atoms with Gasteiger partial charge in [0.2, 0.25) is 11.0 Å². The molecule has 2 aromatic heterocycles. The summed E-state index contributed by atoms with van der Waals surface area (Å²) in [6.45, 7) is 6.12. The van der Waals surface area contributed by atoms with Crippen molar-refractivity contribution in [3.8, 4) is 0 Å². The predicted octanol–water partition coefficient (Wildman–Crippen LogP) is 3.95. The van der Waals surface area contributed by atoms with E-state index in [1.807, 2.05) is 63.3 Å². The van der Waals surface area contributed by atoms with Gasteiger partial charge >= 0.3 is 0 Å². The molecule has 0 radical (unpaired) electrons. The number of nitrogens with zero attached hydrogens (tertiary/aromatic N) is 4. The van der Waals surface area contributed by atoms with Crippen molar-refractivity contribution in [2.24, 2.45) is 0 Å². The second-order valence-corrected chi connectivity index (χ2v) is 7.24. The maximum Gasteiger partial charge on any atom is 0.232 e. The van der Waals surface area contributed by atoms with Crippen LogP contribution >= 0.6 is 11.8 Å². The molecule has 0 unspecified atom stereocenters. The van der Waals surface area contributed by atoms with Crippen LogP contribution in [-0.4, -0.2) is 25.3 Å². The highest BCUT2D eigenvalue weighted by molar-refractivity contribution is 7.98. The van der Waals surface area contributed by atoms with E-state index in [1.165, 1.54) is 11.8 Å². The predicted molar refractivity (Wildman–Crippen MR) is 94.3 cm³/mol. The Hall–Kier alpha value is -2.41. The lowest BCUT2D eigenvalue weighted by Gasteiger charge is -2.10. The average molecular weight is 341 g/mol. The van der Waals surface area contributed by atoms with E-state index in [0.717, 1.165) is 5.56 Å². The smallest absolute Gasteiger partial charge is 0.232 e. The lowest BCUT2D eigenvalue weighted by atomic mass is 9.97. The van der Waals surface area contributed by atoms with Crippen molar-refractivity contribution in [3.05, 3.63) is 53.4 Å². The molecule has 0 saturated heterocycles. The Morgan fingerprint density at radius 2 is 1.92 bits per heavy atom. The Kier molecular flexibility index (Phi) is 4.80. The van der Waals surface area contributed by atoms with Crippen LogP contribution in [0.2, 0.25) is 0 Å². The van der Waals surface area contributed by atoms with Crippen LogP contribution in [-0.2, 0) is 11.2 Å². The molecule has 0 atom stereocenters. The van der Waals surface area contributed by atoms with Crippen LogP contribution in [0, 0.1) is 0 Å². The molecule has 0 bridgehead atoms. The zero-order valence-corrected chi connectivity index (χ0v) is 14.7. The Balaban J connectivity index is 1.58. The topological polar surface area (TPSA) is 80.5 Å². The summed E-state index contributed by atoms with van der Waals surface area (Å²) < 4.78 is 5.28. The quantitative estimate of drug-likeness (QED) is 0.708. The second kappa shape index (κ2) is 7.00. The van der Waals surface area contributed by atoms with Crippen LogP contribution in [0.1, 0.15) is 43.9 Å². The van der Waals surface area contributed by atoms with Crippen LogP contribution in [0.4, 0.5) is 0 Å². The maximum absolute atomic E-state index is 5.28. The summed E-state index contributed by atoms with van der Waals surface area (Å²) >= 11 is 1.47. The van der Waals surface area contributed by atoms with Crippen molar-refractivity contribution < 1.29 is 4.52 Å². The molecule has 0 aliphatic carbocycles. The van der Waals surface area contributed by atoms with Crippen molar-refractivity contribution in [1.29, 1.82) is 0 Å². The summed E-state index contributed by atoms with van der Waals surface area (Å²) in [5.41, 5.74) is 0.972. The van der Waals surface area contributed by atoms with Crippen molar-refractivity contribution >= 4 is 23.9 Å². The number of benzene rings is 1. The number of thioether (sulfide) groups is 1. The van der Waals surface area contributed by atoms with Crippen molar-refractivity contribution in [1.82, 2.24) is 25.3 Å². The van der Waals surface area contributed by atoms with Gasteiger partial charge in [-0.1, -0.05) is 74.1 Å². The Bertz CT molecular complexity index is 817. The summed E-state index contributed by atoms with van der Waals surface area (Å²) in [6, 6.07) is 10.1. The minimum atomic E-state index is -0.143. The van der Waals surface area contributed by atoms with E-state index in [1.54, 1.807) is 0 Å². The molecular weight excluding hydrogens is 322 g/mol. The van der Waals surface area contributed by atoms with Gasteiger partial charge in [-0.15, -0.1) is 5.10 Å². The monoisotopic (exact) mass is 341 g/mol. The highest BCUT2D eigenvalue weighted by Crippen LogP contribution is 2.22. The normalized spacial score (nSPS) is 12.1. The fourth-order valence-electron chi connectivity index (χ4n) is 1.88. The number of nitrogens with one attached hydrogen (secondary N) is 1. The van der Waals surface area contributed by atoms with E-state index in [4.69, 9.17) is 4.52 Å². The third-order valence-electron chi connectivity index (χ3n) is 3.16. The number of H-pyrrole nitrogens is 1. The molecule has 0 aliphatic rings. The van der Waals surface area contributed by atoms with Crippen LogP contribution in [0.3, 0.4) is 0 Å². The standard InChI is InChI=1S/C17H19N5OS/c1-17(2,3)15-18-14(22-23-15)11-24-16-19-13(20-21-16)10-9-12-7-5-4-6-8-12/h4-10H,11H2,1-3H3,(H,19,20,21)/b10-9+. The lowest BCUT2D eigenvalue weighted by Crippen LogP contribution is -2.11. The van der Waals surface area contributed by atoms with E-state index in [0.29, 0.717) is 28.4 Å². The van der Waals surface area contributed by atoms with Crippen LogP contribution in [0.15, 0.2) is 40.0 Å². The lowest BCUT2D eigenvalue weighted by molar-refractivity contribution is 0.319. The first-order valence-electron chi connectivity index (χ1n) is 7.62. The van der Waals surface area contributed by atoms with Gasteiger partial charge in [0.05, 0.1) is 5.75 Å². The number of hydrogen-bond acceptors (Lipinski definition) is 6. The third-order valence-corrected chi connectivity index (χ3v) is 4.00. The number of aromatic nitrogens is 5. The zero-order valence-electron chi connectivity index (χ0n) is 13.9. The minimum absolute atomic E-state index is 0.143. The zero-order chi connectivity index (χ0) is 17.0. The third kappa shape index (κ3) is 4.32. The van der Waals surface area contributed by atoms with Crippen LogP contribution in [0.25, 0.3) is 12.2 Å². The molecule has 0 aliphatic heterocycles. The van der Waals surface area contributed by atoms with E-state index < -0.39 is 0 Å². The maximum atomic E-state index is 5.28. The van der Waals surface area contributed by atoms with E-state index in [2.05, 4.69) is 25.3 Å². The molecule has 3 rings (SSSR count). The summed E-state index contributed by atoms with van der Waals surface area (Å²) in [7, 11) is 0. The van der Waals surface area contributed by atoms with Crippen molar-refractivity contribution in [2.75, 3.05) is 0 Å². The number of hydrogen-bond donors (Lipinski definition) is 1. The molecule has 7 heteroatoms. The van der Waals surface area contributed by atoms with Crippen molar-refractivity contribution in [3.63, 3.8) is 0 Å². The van der Waals surface area contributed by atoms with Gasteiger partial charge in [-0.3, -0.25) is 5.10 Å². The Labute approximate surface area is 144 Å². The fraction of sp³-hybridized carbons (Fsp3) is 0.294. The largest absolute Gasteiger partial charge is 0.339 e. The number of aromatic amines is 1. The molecular formula is C17H19N5OS. The van der Waals surface area contributed by atoms with E-state index >= 15 is 0 Å². The van der Waals surface area contributed by atoms with Gasteiger partial charge in [0.25, 0.3) is 0 Å². The van der Waals surface area contributed by atoms with Gasteiger partial charge in [-0.2, -0.15) is 4.98 Å². The Morgan fingerprint density at radius 1 is 1.12 bits per heavy atom. The summed E-state index contributed by atoms with van der Waals surface area (Å²) in [6.07, 6.45) is 3.89. The van der Waals surface area contributed by atoms with Gasteiger partial charge < -0.3 is 4.52 Å². The van der Waals surface area contributed by atoms with Gasteiger partial charge in [0, 0.05) is 5.41 Å². The summed E-state index contributed by atoms with van der Waals surface area (Å²) in [4.78, 5) is 8.82. The molecule has 0 amide bonds. The molecule has 24 heavy (non-hydrogen) atoms. The Morgan fingerprint density at radius 3 is 2.62 bits per heavy atom. The minimum Gasteiger partial charge on any atom is -0.339 e. The van der Waals surface area contributed by atoms with Gasteiger partial charge in [-0.25, -0.2) is 4.98 Å². The molecule has 0 fully saturated rings. The van der Waals surface area contributed by atoms with Gasteiger partial charge in [-0.05, 0) is 11.6 Å². The first kappa shape index (κ1) is 16.4.